The molecule has 0 aliphatic rings. The molecule has 4 heteroatoms. The lowest BCUT2D eigenvalue weighted by Crippen LogP contribution is -2.12. The molecule has 0 saturated carbocycles. The summed E-state index contributed by atoms with van der Waals surface area (Å²) in [6, 6.07) is 13.6. The van der Waals surface area contributed by atoms with Crippen molar-refractivity contribution in [2.45, 2.75) is 20.0 Å². The Morgan fingerprint density at radius 2 is 1.65 bits per heavy atom. The Balaban J connectivity index is 1.90. The minimum absolute atomic E-state index is 0.660. The van der Waals surface area contributed by atoms with E-state index in [2.05, 4.69) is 11.4 Å². The summed E-state index contributed by atoms with van der Waals surface area (Å²) >= 11 is 11.9. The van der Waals surface area contributed by atoms with Crippen LogP contribution in [0.15, 0.2) is 42.5 Å². The first-order valence-electron chi connectivity index (χ1n) is 6.55. The molecule has 1 N–H and O–H groups in total. The van der Waals surface area contributed by atoms with Crippen LogP contribution in [0.2, 0.25) is 10.0 Å². The predicted molar refractivity (Wildman–Crippen MR) is 84.6 cm³/mol. The molecule has 20 heavy (non-hydrogen) atoms. The Hall–Kier alpha value is -1.22. The fraction of sp³-hybridized carbons (Fsp3) is 0.250. The summed E-state index contributed by atoms with van der Waals surface area (Å²) < 4.78 is 5.48. The molecule has 0 heterocycles. The molecule has 0 radical (unpaired) electrons. The van der Waals surface area contributed by atoms with Crippen molar-refractivity contribution in [3.05, 3.63) is 63.6 Å². The number of hydrogen-bond donors (Lipinski definition) is 1. The molecular weight excluding hydrogens is 293 g/mol. The van der Waals surface area contributed by atoms with Crippen molar-refractivity contribution in [1.29, 1.82) is 0 Å². The molecule has 0 fully saturated rings. The minimum atomic E-state index is 0.660. The lowest BCUT2D eigenvalue weighted by molar-refractivity contribution is 0.340. The lowest BCUT2D eigenvalue weighted by Gasteiger charge is -2.08. The summed E-state index contributed by atoms with van der Waals surface area (Å²) in [7, 11) is 0. The van der Waals surface area contributed by atoms with Gasteiger partial charge in [0.15, 0.2) is 0 Å². The molecular formula is C16H17Cl2NO. The van der Waals surface area contributed by atoms with Crippen LogP contribution in [-0.2, 0) is 13.1 Å². The fourth-order valence-corrected chi connectivity index (χ4v) is 2.55. The van der Waals surface area contributed by atoms with Gasteiger partial charge in [0.2, 0.25) is 0 Å². The van der Waals surface area contributed by atoms with E-state index < -0.39 is 0 Å². The average molecular weight is 310 g/mol. The van der Waals surface area contributed by atoms with Crippen LogP contribution in [0.5, 0.6) is 5.75 Å². The van der Waals surface area contributed by atoms with Gasteiger partial charge in [0.25, 0.3) is 0 Å². The molecule has 0 aliphatic heterocycles. The Labute approximate surface area is 129 Å². The minimum Gasteiger partial charge on any atom is -0.494 e. The molecule has 2 rings (SSSR count). The highest BCUT2D eigenvalue weighted by Crippen LogP contribution is 2.19. The summed E-state index contributed by atoms with van der Waals surface area (Å²) in [5, 5.41) is 4.69. The molecule has 0 unspecified atom stereocenters. The van der Waals surface area contributed by atoms with E-state index in [0.29, 0.717) is 16.7 Å². The standard InChI is InChI=1S/C16H17Cl2NO/c1-2-20-16-5-3-4-12(8-16)10-19-11-13-6-14(17)9-15(18)7-13/h3-9,19H,2,10-11H2,1H3. The first-order chi connectivity index (χ1) is 9.67. The Morgan fingerprint density at radius 3 is 2.35 bits per heavy atom. The van der Waals surface area contributed by atoms with Gasteiger partial charge in [0, 0.05) is 23.1 Å². The van der Waals surface area contributed by atoms with E-state index in [4.69, 9.17) is 27.9 Å². The fourth-order valence-electron chi connectivity index (χ4n) is 1.98. The highest BCUT2D eigenvalue weighted by Gasteiger charge is 2.00. The summed E-state index contributed by atoms with van der Waals surface area (Å²) in [6.07, 6.45) is 0. The second-order valence-electron chi connectivity index (χ2n) is 4.46. The highest BCUT2D eigenvalue weighted by molar-refractivity contribution is 6.34. The van der Waals surface area contributed by atoms with Gasteiger partial charge >= 0.3 is 0 Å². The molecule has 0 saturated heterocycles. The SMILES string of the molecule is CCOc1cccc(CNCc2cc(Cl)cc(Cl)c2)c1. The second kappa shape index (κ2) is 7.53. The van der Waals surface area contributed by atoms with Crippen molar-refractivity contribution in [2.24, 2.45) is 0 Å². The molecule has 0 amide bonds. The number of halogens is 2. The lowest BCUT2D eigenvalue weighted by atomic mass is 10.2. The van der Waals surface area contributed by atoms with Gasteiger partial charge in [-0.2, -0.15) is 0 Å². The first-order valence-corrected chi connectivity index (χ1v) is 7.30. The zero-order valence-electron chi connectivity index (χ0n) is 11.3. The number of ether oxygens (including phenoxy) is 1. The largest absolute Gasteiger partial charge is 0.494 e. The first kappa shape index (κ1) is 15.2. The topological polar surface area (TPSA) is 21.3 Å². The zero-order valence-corrected chi connectivity index (χ0v) is 12.8. The van der Waals surface area contributed by atoms with Gasteiger partial charge in [-0.1, -0.05) is 35.3 Å². The van der Waals surface area contributed by atoms with E-state index >= 15 is 0 Å². The van der Waals surface area contributed by atoms with E-state index in [1.165, 1.54) is 5.56 Å². The molecule has 0 spiro atoms. The van der Waals surface area contributed by atoms with Crippen molar-refractivity contribution in [3.63, 3.8) is 0 Å². The van der Waals surface area contributed by atoms with Gasteiger partial charge in [0.05, 0.1) is 6.61 Å². The van der Waals surface area contributed by atoms with E-state index in [-0.39, 0.29) is 0 Å². The Kier molecular flexibility index (Phi) is 5.72. The Bertz CT molecular complexity index is 552. The average Bonchev–Trinajstić information content (AvgIpc) is 2.38. The summed E-state index contributed by atoms with van der Waals surface area (Å²) in [5.74, 6) is 0.901. The Morgan fingerprint density at radius 1 is 0.950 bits per heavy atom. The summed E-state index contributed by atoms with van der Waals surface area (Å²) in [5.41, 5.74) is 2.26. The van der Waals surface area contributed by atoms with Gasteiger partial charge < -0.3 is 10.1 Å². The molecule has 2 nitrogen and oxygen atoms in total. The third-order valence-electron chi connectivity index (χ3n) is 2.79. The molecule has 2 aromatic carbocycles. The van der Waals surface area contributed by atoms with Crippen molar-refractivity contribution in [2.75, 3.05) is 6.61 Å². The number of hydrogen-bond acceptors (Lipinski definition) is 2. The van der Waals surface area contributed by atoms with Gasteiger partial charge in [-0.15, -0.1) is 0 Å². The number of nitrogens with one attached hydrogen (secondary N) is 1. The molecule has 0 aliphatic carbocycles. The monoisotopic (exact) mass is 309 g/mol. The van der Waals surface area contributed by atoms with E-state index in [1.54, 1.807) is 6.07 Å². The van der Waals surface area contributed by atoms with Crippen LogP contribution >= 0.6 is 23.2 Å². The molecule has 0 bridgehead atoms. The maximum absolute atomic E-state index is 5.97. The van der Waals surface area contributed by atoms with Crippen LogP contribution in [0.4, 0.5) is 0 Å². The molecule has 106 valence electrons. The van der Waals surface area contributed by atoms with E-state index in [0.717, 1.165) is 24.4 Å². The maximum atomic E-state index is 5.97. The highest BCUT2D eigenvalue weighted by atomic mass is 35.5. The van der Waals surface area contributed by atoms with Crippen molar-refractivity contribution < 1.29 is 4.74 Å². The van der Waals surface area contributed by atoms with Gasteiger partial charge in [0.1, 0.15) is 5.75 Å². The summed E-state index contributed by atoms with van der Waals surface area (Å²) in [4.78, 5) is 0. The van der Waals surface area contributed by atoms with Crippen molar-refractivity contribution in [1.82, 2.24) is 5.32 Å². The summed E-state index contributed by atoms with van der Waals surface area (Å²) in [6.45, 7) is 4.15. The van der Waals surface area contributed by atoms with Crippen LogP contribution in [0.25, 0.3) is 0 Å². The third kappa shape index (κ3) is 4.71. The van der Waals surface area contributed by atoms with Crippen LogP contribution < -0.4 is 10.1 Å². The van der Waals surface area contributed by atoms with Crippen LogP contribution in [0.1, 0.15) is 18.1 Å². The quantitative estimate of drug-likeness (QED) is 0.836. The van der Waals surface area contributed by atoms with Crippen molar-refractivity contribution >= 4 is 23.2 Å². The van der Waals surface area contributed by atoms with Gasteiger partial charge in [-0.3, -0.25) is 0 Å². The zero-order chi connectivity index (χ0) is 14.4. The number of benzene rings is 2. The van der Waals surface area contributed by atoms with E-state index in [1.807, 2.05) is 37.3 Å². The third-order valence-corrected chi connectivity index (χ3v) is 3.23. The van der Waals surface area contributed by atoms with Gasteiger partial charge in [-0.05, 0) is 48.4 Å². The predicted octanol–water partition coefficient (Wildman–Crippen LogP) is 4.68. The molecule has 2 aromatic rings. The smallest absolute Gasteiger partial charge is 0.119 e. The van der Waals surface area contributed by atoms with Gasteiger partial charge in [-0.25, -0.2) is 0 Å². The molecule has 0 aromatic heterocycles. The van der Waals surface area contributed by atoms with Crippen molar-refractivity contribution in [3.8, 4) is 5.75 Å². The normalized spacial score (nSPS) is 10.6. The second-order valence-corrected chi connectivity index (χ2v) is 5.33. The van der Waals surface area contributed by atoms with Crippen LogP contribution in [0.3, 0.4) is 0 Å². The van der Waals surface area contributed by atoms with Crippen LogP contribution in [0, 0.1) is 0 Å². The molecule has 0 atom stereocenters. The van der Waals surface area contributed by atoms with Crippen LogP contribution in [-0.4, -0.2) is 6.61 Å². The van der Waals surface area contributed by atoms with E-state index in [9.17, 15) is 0 Å². The number of rotatable bonds is 6. The maximum Gasteiger partial charge on any atom is 0.119 e.